The molecule has 0 saturated carbocycles. The molecule has 9 heteroatoms. The summed E-state index contributed by atoms with van der Waals surface area (Å²) in [7, 11) is -3.59. The average Bonchev–Trinajstić information content (AvgIpc) is 2.72. The molecule has 0 N–H and O–H groups in total. The number of sulfonamides is 1. The number of aryl methyl sites for hydroxylation is 1. The van der Waals surface area contributed by atoms with E-state index >= 15 is 0 Å². The van der Waals surface area contributed by atoms with Gasteiger partial charge in [-0.1, -0.05) is 29.8 Å². The summed E-state index contributed by atoms with van der Waals surface area (Å²) in [5.41, 5.74) is 1.32. The summed E-state index contributed by atoms with van der Waals surface area (Å²) in [6.07, 6.45) is 0. The Morgan fingerprint density at radius 3 is 2.24 bits per heavy atom. The van der Waals surface area contributed by atoms with Crippen LogP contribution in [0.15, 0.2) is 57.9 Å². The lowest BCUT2D eigenvalue weighted by atomic mass is 10.2. The van der Waals surface area contributed by atoms with Crippen LogP contribution in [-0.2, 0) is 19.6 Å². The van der Waals surface area contributed by atoms with Crippen molar-refractivity contribution in [1.29, 1.82) is 0 Å². The van der Waals surface area contributed by atoms with Gasteiger partial charge >= 0.3 is 5.97 Å². The molecule has 29 heavy (non-hydrogen) atoms. The van der Waals surface area contributed by atoms with Gasteiger partial charge in [-0.15, -0.1) is 0 Å². The first-order valence-electron chi connectivity index (χ1n) is 9.05. The van der Waals surface area contributed by atoms with E-state index < -0.39 is 16.0 Å². The average molecular weight is 481 g/mol. The number of amides is 1. The lowest BCUT2D eigenvalue weighted by Crippen LogP contribution is -2.51. The molecule has 1 aliphatic rings. The van der Waals surface area contributed by atoms with Crippen molar-refractivity contribution in [2.75, 3.05) is 32.8 Å². The highest BCUT2D eigenvalue weighted by Crippen LogP contribution is 2.19. The molecule has 1 aliphatic heterocycles. The van der Waals surface area contributed by atoms with Crippen molar-refractivity contribution in [3.8, 4) is 0 Å². The first kappa shape index (κ1) is 21.5. The number of benzene rings is 2. The Hall–Kier alpha value is -2.23. The van der Waals surface area contributed by atoms with Crippen LogP contribution in [0.2, 0.25) is 0 Å². The topological polar surface area (TPSA) is 84.0 Å². The minimum Gasteiger partial charge on any atom is -0.452 e. The Morgan fingerprint density at radius 2 is 1.62 bits per heavy atom. The zero-order valence-corrected chi connectivity index (χ0v) is 18.3. The quantitative estimate of drug-likeness (QED) is 0.613. The number of carbonyl (C=O) groups excluding carboxylic acids is 2. The summed E-state index contributed by atoms with van der Waals surface area (Å²) >= 11 is 3.27. The van der Waals surface area contributed by atoms with Gasteiger partial charge in [0.15, 0.2) is 6.61 Å². The molecule has 0 radical (unpaired) electrons. The molecule has 0 aliphatic carbocycles. The molecule has 0 bridgehead atoms. The van der Waals surface area contributed by atoms with Crippen LogP contribution < -0.4 is 0 Å². The van der Waals surface area contributed by atoms with E-state index in [1.54, 1.807) is 48.5 Å². The van der Waals surface area contributed by atoms with Gasteiger partial charge in [-0.2, -0.15) is 4.31 Å². The van der Waals surface area contributed by atoms with E-state index in [0.29, 0.717) is 10.0 Å². The van der Waals surface area contributed by atoms with E-state index in [1.807, 2.05) is 6.92 Å². The minimum absolute atomic E-state index is 0.195. The SMILES string of the molecule is Cc1ccc(S(=O)(=O)N2CCN(C(=O)COC(=O)c3ccccc3Br)CC2)cc1. The number of nitrogens with zero attached hydrogens (tertiary/aromatic N) is 2. The van der Waals surface area contributed by atoms with Crippen LogP contribution >= 0.6 is 15.9 Å². The number of ether oxygens (including phenoxy) is 1. The highest BCUT2D eigenvalue weighted by atomic mass is 79.9. The fourth-order valence-electron chi connectivity index (χ4n) is 2.96. The van der Waals surface area contributed by atoms with Crippen molar-refractivity contribution >= 4 is 37.8 Å². The number of halogens is 1. The molecule has 0 spiro atoms. The molecule has 1 amide bonds. The Balaban J connectivity index is 1.53. The van der Waals surface area contributed by atoms with Crippen molar-refractivity contribution in [2.24, 2.45) is 0 Å². The molecule has 1 saturated heterocycles. The zero-order chi connectivity index (χ0) is 21.0. The fourth-order valence-corrected chi connectivity index (χ4v) is 4.83. The maximum absolute atomic E-state index is 12.7. The number of hydrogen-bond acceptors (Lipinski definition) is 5. The van der Waals surface area contributed by atoms with Gasteiger partial charge in [0.25, 0.3) is 5.91 Å². The third kappa shape index (κ3) is 5.04. The lowest BCUT2D eigenvalue weighted by Gasteiger charge is -2.33. The van der Waals surface area contributed by atoms with Crippen LogP contribution in [0, 0.1) is 6.92 Å². The highest BCUT2D eigenvalue weighted by Gasteiger charge is 2.30. The van der Waals surface area contributed by atoms with Gasteiger partial charge in [0.1, 0.15) is 0 Å². The highest BCUT2D eigenvalue weighted by molar-refractivity contribution is 9.10. The van der Waals surface area contributed by atoms with E-state index in [4.69, 9.17) is 4.74 Å². The summed E-state index contributed by atoms with van der Waals surface area (Å²) in [5.74, 6) is -0.941. The fraction of sp³-hybridized carbons (Fsp3) is 0.300. The van der Waals surface area contributed by atoms with Crippen LogP contribution in [0.1, 0.15) is 15.9 Å². The Morgan fingerprint density at radius 1 is 1.00 bits per heavy atom. The van der Waals surface area contributed by atoms with E-state index in [2.05, 4.69) is 15.9 Å². The minimum atomic E-state index is -3.59. The van der Waals surface area contributed by atoms with Crippen molar-refractivity contribution in [1.82, 2.24) is 9.21 Å². The number of rotatable bonds is 5. The summed E-state index contributed by atoms with van der Waals surface area (Å²) in [5, 5.41) is 0. The maximum atomic E-state index is 12.7. The number of hydrogen-bond donors (Lipinski definition) is 0. The molecule has 0 atom stereocenters. The molecule has 1 heterocycles. The van der Waals surface area contributed by atoms with E-state index in [1.165, 1.54) is 9.21 Å². The summed E-state index contributed by atoms with van der Waals surface area (Å²) in [6.45, 7) is 2.39. The third-order valence-electron chi connectivity index (χ3n) is 4.67. The third-order valence-corrected chi connectivity index (χ3v) is 7.27. The standard InChI is InChI=1S/C20H21BrN2O5S/c1-15-6-8-16(9-7-15)29(26,27)23-12-10-22(11-13-23)19(24)14-28-20(25)17-4-2-3-5-18(17)21/h2-9H,10-14H2,1H3. The van der Waals surface area contributed by atoms with Crippen molar-refractivity contribution in [3.05, 3.63) is 64.1 Å². The van der Waals surface area contributed by atoms with Crippen LogP contribution in [0.3, 0.4) is 0 Å². The molecule has 3 rings (SSSR count). The Labute approximate surface area is 178 Å². The van der Waals surface area contributed by atoms with E-state index in [0.717, 1.165) is 5.56 Å². The molecular weight excluding hydrogens is 460 g/mol. The van der Waals surface area contributed by atoms with Gasteiger partial charge in [-0.25, -0.2) is 13.2 Å². The van der Waals surface area contributed by atoms with Crippen LogP contribution in [0.4, 0.5) is 0 Å². The van der Waals surface area contributed by atoms with Crippen molar-refractivity contribution < 1.29 is 22.7 Å². The normalized spacial score (nSPS) is 15.2. The summed E-state index contributed by atoms with van der Waals surface area (Å²) < 4.78 is 32.5. The summed E-state index contributed by atoms with van der Waals surface area (Å²) in [6, 6.07) is 13.5. The largest absolute Gasteiger partial charge is 0.452 e. The molecule has 154 valence electrons. The predicted molar refractivity (Wildman–Crippen MR) is 111 cm³/mol. The first-order valence-corrected chi connectivity index (χ1v) is 11.3. The number of esters is 1. The second-order valence-electron chi connectivity index (χ2n) is 6.65. The van der Waals surface area contributed by atoms with Crippen LogP contribution in [0.5, 0.6) is 0 Å². The zero-order valence-electron chi connectivity index (χ0n) is 15.9. The molecule has 0 aromatic heterocycles. The van der Waals surface area contributed by atoms with Gasteiger partial charge in [-0.3, -0.25) is 4.79 Å². The Bertz CT molecular complexity index is 1000. The maximum Gasteiger partial charge on any atom is 0.339 e. The number of piperazine rings is 1. The van der Waals surface area contributed by atoms with E-state index in [-0.39, 0.29) is 43.6 Å². The lowest BCUT2D eigenvalue weighted by molar-refractivity contribution is -0.135. The molecule has 0 unspecified atom stereocenters. The monoisotopic (exact) mass is 480 g/mol. The molecule has 1 fully saturated rings. The molecular formula is C20H21BrN2O5S. The molecule has 2 aromatic carbocycles. The van der Waals surface area contributed by atoms with Gasteiger partial charge in [-0.05, 0) is 47.1 Å². The second-order valence-corrected chi connectivity index (χ2v) is 9.45. The molecule has 7 nitrogen and oxygen atoms in total. The predicted octanol–water partition coefficient (Wildman–Crippen LogP) is 2.45. The summed E-state index contributed by atoms with van der Waals surface area (Å²) in [4.78, 5) is 26.2. The first-order chi connectivity index (χ1) is 13.8. The van der Waals surface area contributed by atoms with E-state index in [9.17, 15) is 18.0 Å². The van der Waals surface area contributed by atoms with Gasteiger partial charge in [0.05, 0.1) is 10.5 Å². The number of carbonyl (C=O) groups is 2. The van der Waals surface area contributed by atoms with Crippen LogP contribution in [0.25, 0.3) is 0 Å². The van der Waals surface area contributed by atoms with Crippen molar-refractivity contribution in [2.45, 2.75) is 11.8 Å². The Kier molecular flexibility index (Phi) is 6.71. The second kappa shape index (κ2) is 9.06. The smallest absolute Gasteiger partial charge is 0.339 e. The van der Waals surface area contributed by atoms with Gasteiger partial charge in [0.2, 0.25) is 10.0 Å². The van der Waals surface area contributed by atoms with Gasteiger partial charge < -0.3 is 9.64 Å². The van der Waals surface area contributed by atoms with Crippen LogP contribution in [-0.4, -0.2) is 62.3 Å². The molecule has 2 aromatic rings. The van der Waals surface area contributed by atoms with Crippen molar-refractivity contribution in [3.63, 3.8) is 0 Å². The van der Waals surface area contributed by atoms with Gasteiger partial charge in [0, 0.05) is 30.7 Å².